The molecular formula is C22H17NO4. The molecule has 0 radical (unpaired) electrons. The summed E-state index contributed by atoms with van der Waals surface area (Å²) in [6, 6.07) is 2.76. The maximum absolute atomic E-state index is 11.3. The Bertz CT molecular complexity index is 888. The summed E-state index contributed by atoms with van der Waals surface area (Å²) >= 11 is 0. The molecule has 0 rings (SSSR count). The fraction of sp³-hybridized carbons (Fsp3) is 0.318. The molecule has 0 N–H and O–H groups in total. The zero-order valence-electron chi connectivity index (χ0n) is 15.2. The summed E-state index contributed by atoms with van der Waals surface area (Å²) in [5, 5.41) is 0. The number of methoxy groups -OCH3 is 1. The summed E-state index contributed by atoms with van der Waals surface area (Å²) in [4.78, 5) is 13.0. The molecule has 0 aromatic rings. The average Bonchev–Trinajstić information content (AvgIpc) is 2.66. The second-order valence-corrected chi connectivity index (χ2v) is 4.32. The van der Waals surface area contributed by atoms with Gasteiger partial charge in [-0.2, -0.15) is 0 Å². The van der Waals surface area contributed by atoms with E-state index < -0.39 is 5.97 Å². The monoisotopic (exact) mass is 359 g/mol. The molecule has 0 amide bonds. The smallest absolute Gasteiger partial charge is 0.332 e. The van der Waals surface area contributed by atoms with Gasteiger partial charge in [0.05, 0.1) is 19.8 Å². The molecule has 27 heavy (non-hydrogen) atoms. The number of esters is 1. The Balaban J connectivity index is 4.04. The molecule has 0 heterocycles. The molecule has 0 aliphatic carbocycles. The number of terminal acetylenes is 1. The largest absolute Gasteiger partial charge is 0.462 e. The van der Waals surface area contributed by atoms with Crippen LogP contribution in [0.5, 0.6) is 0 Å². The second kappa shape index (κ2) is 18.4. The zero-order chi connectivity index (χ0) is 20.0. The van der Waals surface area contributed by atoms with Gasteiger partial charge in [-0.1, -0.05) is 0 Å². The van der Waals surface area contributed by atoms with Gasteiger partial charge in [-0.25, -0.2) is 4.79 Å². The van der Waals surface area contributed by atoms with E-state index in [0.29, 0.717) is 19.8 Å². The molecular weight excluding hydrogens is 342 g/mol. The van der Waals surface area contributed by atoms with E-state index in [9.17, 15) is 4.79 Å². The van der Waals surface area contributed by atoms with Crippen LogP contribution in [0.2, 0.25) is 0 Å². The molecule has 0 saturated heterocycles. The van der Waals surface area contributed by atoms with Crippen LogP contribution in [0.15, 0.2) is 0 Å². The van der Waals surface area contributed by atoms with Gasteiger partial charge in [-0.05, 0) is 35.5 Å². The van der Waals surface area contributed by atoms with Crippen LogP contribution in [-0.2, 0) is 19.0 Å². The molecule has 0 aromatic heterocycles. The van der Waals surface area contributed by atoms with Gasteiger partial charge in [0, 0.05) is 55.7 Å². The van der Waals surface area contributed by atoms with Crippen molar-refractivity contribution in [2.45, 2.75) is 0 Å². The molecule has 0 aliphatic rings. The lowest BCUT2D eigenvalue weighted by Gasteiger charge is -2.10. The van der Waals surface area contributed by atoms with Crippen molar-refractivity contribution in [1.29, 1.82) is 0 Å². The van der Waals surface area contributed by atoms with Crippen molar-refractivity contribution in [2.24, 2.45) is 0 Å². The second-order valence-electron chi connectivity index (χ2n) is 4.32. The third-order valence-electron chi connectivity index (χ3n) is 2.29. The predicted molar refractivity (Wildman–Crippen MR) is 102 cm³/mol. The SMILES string of the molecule is C#CC#CC#CC#CC#CC#CC#CN(C)CCOC(=O)COCCOC. The summed E-state index contributed by atoms with van der Waals surface area (Å²) in [5.74, 6) is 29.1. The van der Waals surface area contributed by atoms with E-state index in [0.717, 1.165) is 0 Å². The van der Waals surface area contributed by atoms with Gasteiger partial charge in [0.25, 0.3) is 0 Å². The lowest BCUT2D eigenvalue weighted by Crippen LogP contribution is -2.22. The standard InChI is InChI=1S/C22H17NO4/c1-4-5-6-7-8-9-10-11-12-13-14-15-16-23(2)17-18-27-22(24)21-26-20-19-25-3/h1H,17-21H2,2-3H3. The van der Waals surface area contributed by atoms with E-state index in [1.807, 2.05) is 0 Å². The molecule has 5 heteroatoms. The molecule has 0 unspecified atom stereocenters. The van der Waals surface area contributed by atoms with Crippen LogP contribution in [0.25, 0.3) is 0 Å². The number of hydrogen-bond donors (Lipinski definition) is 0. The van der Waals surface area contributed by atoms with Crippen LogP contribution in [0.1, 0.15) is 0 Å². The first-order valence-electron chi connectivity index (χ1n) is 7.60. The highest BCUT2D eigenvalue weighted by Gasteiger charge is 2.02. The Hall–Kier alpha value is -3.89. The van der Waals surface area contributed by atoms with Gasteiger partial charge in [-0.15, -0.1) is 6.42 Å². The Morgan fingerprint density at radius 2 is 1.41 bits per heavy atom. The zero-order valence-corrected chi connectivity index (χ0v) is 15.2. The lowest BCUT2D eigenvalue weighted by molar-refractivity contribution is -0.149. The van der Waals surface area contributed by atoms with Crippen molar-refractivity contribution in [1.82, 2.24) is 4.90 Å². The van der Waals surface area contributed by atoms with Crippen molar-refractivity contribution < 1.29 is 19.0 Å². The molecule has 0 spiro atoms. The number of likely N-dealkylation sites (N-methyl/N-ethyl adjacent to an activating group) is 1. The minimum absolute atomic E-state index is 0.102. The quantitative estimate of drug-likeness (QED) is 0.259. The molecule has 0 bridgehead atoms. The maximum atomic E-state index is 11.3. The van der Waals surface area contributed by atoms with Gasteiger partial charge in [0.15, 0.2) is 0 Å². The summed E-state index contributed by atoms with van der Waals surface area (Å²) in [6.45, 7) is 1.32. The highest BCUT2D eigenvalue weighted by Crippen LogP contribution is 1.85. The summed E-state index contributed by atoms with van der Waals surface area (Å²) in [7, 11) is 3.30. The van der Waals surface area contributed by atoms with E-state index in [4.69, 9.17) is 20.6 Å². The van der Waals surface area contributed by atoms with Crippen LogP contribution in [0.3, 0.4) is 0 Å². The van der Waals surface area contributed by atoms with Gasteiger partial charge < -0.3 is 19.1 Å². The molecule has 0 aromatic carbocycles. The van der Waals surface area contributed by atoms with E-state index in [2.05, 4.69) is 77.1 Å². The van der Waals surface area contributed by atoms with Crippen LogP contribution < -0.4 is 0 Å². The third-order valence-corrected chi connectivity index (χ3v) is 2.29. The highest BCUT2D eigenvalue weighted by molar-refractivity contribution is 5.70. The number of nitrogens with zero attached hydrogens (tertiary/aromatic N) is 1. The summed E-state index contributed by atoms with van der Waals surface area (Å²) in [5.41, 5.74) is 0. The first-order valence-corrected chi connectivity index (χ1v) is 7.60. The molecule has 0 fully saturated rings. The summed E-state index contributed by atoms with van der Waals surface area (Å²) in [6.07, 6.45) is 4.92. The Morgan fingerprint density at radius 3 is 1.96 bits per heavy atom. The van der Waals surface area contributed by atoms with Gasteiger partial charge in [-0.3, -0.25) is 0 Å². The molecule has 0 aliphatic heterocycles. The molecule has 5 nitrogen and oxygen atoms in total. The summed E-state index contributed by atoms with van der Waals surface area (Å²) < 4.78 is 14.8. The van der Waals surface area contributed by atoms with Crippen LogP contribution >= 0.6 is 0 Å². The number of rotatable bonds is 8. The first kappa shape index (κ1) is 23.1. The Kier molecular flexibility index (Phi) is 15.8. The van der Waals surface area contributed by atoms with Gasteiger partial charge >= 0.3 is 5.97 Å². The van der Waals surface area contributed by atoms with Crippen molar-refractivity contribution in [3.63, 3.8) is 0 Å². The minimum atomic E-state index is -0.434. The van der Waals surface area contributed by atoms with Gasteiger partial charge in [0.2, 0.25) is 0 Å². The number of hydrogen-bond acceptors (Lipinski definition) is 5. The Labute approximate surface area is 161 Å². The van der Waals surface area contributed by atoms with E-state index in [-0.39, 0.29) is 13.2 Å². The number of ether oxygens (including phenoxy) is 3. The predicted octanol–water partition coefficient (Wildman–Crippen LogP) is -0.264. The van der Waals surface area contributed by atoms with Crippen molar-refractivity contribution >= 4 is 5.97 Å². The fourth-order valence-corrected chi connectivity index (χ4v) is 1.13. The average molecular weight is 359 g/mol. The van der Waals surface area contributed by atoms with Crippen molar-refractivity contribution in [3.8, 4) is 83.5 Å². The Morgan fingerprint density at radius 1 is 0.852 bits per heavy atom. The minimum Gasteiger partial charge on any atom is -0.462 e. The third kappa shape index (κ3) is 18.3. The van der Waals surface area contributed by atoms with Gasteiger partial charge in [0.1, 0.15) is 13.2 Å². The highest BCUT2D eigenvalue weighted by atomic mass is 16.6. The number of carbonyl (C=O) groups is 1. The van der Waals surface area contributed by atoms with Crippen LogP contribution in [0, 0.1) is 83.5 Å². The normalized spacial score (nSPS) is 7.00. The topological polar surface area (TPSA) is 48.0 Å². The van der Waals surface area contributed by atoms with Crippen molar-refractivity contribution in [2.75, 3.05) is 47.1 Å². The molecule has 0 saturated carbocycles. The van der Waals surface area contributed by atoms with Crippen molar-refractivity contribution in [3.05, 3.63) is 0 Å². The van der Waals surface area contributed by atoms with E-state index in [1.54, 1.807) is 19.1 Å². The van der Waals surface area contributed by atoms with Crippen LogP contribution in [0.4, 0.5) is 0 Å². The maximum Gasteiger partial charge on any atom is 0.332 e. The fourth-order valence-electron chi connectivity index (χ4n) is 1.13. The van der Waals surface area contributed by atoms with E-state index >= 15 is 0 Å². The first-order chi connectivity index (χ1) is 13.2. The molecule has 134 valence electrons. The number of carbonyl (C=O) groups excluding carboxylic acids is 1. The van der Waals surface area contributed by atoms with Crippen LogP contribution in [-0.4, -0.2) is 58.0 Å². The molecule has 0 atom stereocenters. The lowest BCUT2D eigenvalue weighted by atomic mass is 10.5. The van der Waals surface area contributed by atoms with E-state index in [1.165, 1.54) is 0 Å².